The number of nitrogens with zero attached hydrogens (tertiary/aromatic N) is 1. The average Bonchev–Trinajstić information content (AvgIpc) is 2.91. The molecule has 1 fully saturated rings. The molecule has 1 aliphatic rings. The number of rotatable bonds is 7. The molecular weight excluding hydrogens is 432 g/mol. The number of piperidine rings is 1. The first kappa shape index (κ1) is 22.6. The number of benzene rings is 4. The lowest BCUT2D eigenvalue weighted by molar-refractivity contribution is -0.136. The van der Waals surface area contributed by atoms with Crippen molar-refractivity contribution < 1.29 is 9.59 Å². The largest absolute Gasteiger partial charge is 0.341 e. The molecule has 4 aromatic rings. The SMILES string of the molecule is O=C1CCC(CN(c2ccccc2)c2ccc(C(c3ccccc3)c3ccccc3)cc2)C(=O)N1. The summed E-state index contributed by atoms with van der Waals surface area (Å²) in [6.45, 7) is 0.517. The summed E-state index contributed by atoms with van der Waals surface area (Å²) < 4.78 is 0. The predicted octanol–water partition coefficient (Wildman–Crippen LogP) is 6.06. The monoisotopic (exact) mass is 460 g/mol. The van der Waals surface area contributed by atoms with Crippen LogP contribution in [0.5, 0.6) is 0 Å². The molecule has 1 aliphatic heterocycles. The van der Waals surface area contributed by atoms with E-state index in [0.29, 0.717) is 19.4 Å². The molecule has 4 nitrogen and oxygen atoms in total. The van der Waals surface area contributed by atoms with Crippen LogP contribution in [0.4, 0.5) is 11.4 Å². The summed E-state index contributed by atoms with van der Waals surface area (Å²) in [5, 5.41) is 2.49. The van der Waals surface area contributed by atoms with Crippen LogP contribution in [-0.4, -0.2) is 18.4 Å². The van der Waals surface area contributed by atoms with E-state index in [9.17, 15) is 9.59 Å². The summed E-state index contributed by atoms with van der Waals surface area (Å²) in [4.78, 5) is 26.3. The molecule has 0 radical (unpaired) electrons. The Morgan fingerprint density at radius 1 is 0.657 bits per heavy atom. The van der Waals surface area contributed by atoms with Crippen molar-refractivity contribution in [3.05, 3.63) is 132 Å². The molecule has 35 heavy (non-hydrogen) atoms. The van der Waals surface area contributed by atoms with Gasteiger partial charge in [0, 0.05) is 30.3 Å². The predicted molar refractivity (Wildman–Crippen MR) is 140 cm³/mol. The zero-order chi connectivity index (χ0) is 24.0. The molecule has 1 saturated heterocycles. The molecule has 1 N–H and O–H groups in total. The molecule has 0 spiro atoms. The minimum absolute atomic E-state index is 0.131. The number of carbonyl (C=O) groups is 2. The van der Waals surface area contributed by atoms with Crippen LogP contribution < -0.4 is 10.2 Å². The molecule has 1 heterocycles. The van der Waals surface area contributed by atoms with E-state index in [-0.39, 0.29) is 23.7 Å². The summed E-state index contributed by atoms with van der Waals surface area (Å²) in [6.07, 6.45) is 0.948. The smallest absolute Gasteiger partial charge is 0.231 e. The molecule has 0 aliphatic carbocycles. The third-order valence-corrected chi connectivity index (χ3v) is 6.63. The van der Waals surface area contributed by atoms with Crippen LogP contribution in [0.15, 0.2) is 115 Å². The van der Waals surface area contributed by atoms with Crippen LogP contribution in [-0.2, 0) is 9.59 Å². The van der Waals surface area contributed by atoms with Gasteiger partial charge in [0.25, 0.3) is 0 Å². The van der Waals surface area contributed by atoms with Crippen LogP contribution in [0.3, 0.4) is 0 Å². The van der Waals surface area contributed by atoms with E-state index in [0.717, 1.165) is 11.4 Å². The Labute approximate surface area is 206 Å². The minimum Gasteiger partial charge on any atom is -0.341 e. The van der Waals surface area contributed by atoms with Gasteiger partial charge in [-0.3, -0.25) is 14.9 Å². The lowest BCUT2D eigenvalue weighted by Gasteiger charge is -2.31. The zero-order valence-corrected chi connectivity index (χ0v) is 19.5. The summed E-state index contributed by atoms with van der Waals surface area (Å²) in [5.41, 5.74) is 5.74. The Morgan fingerprint density at radius 3 is 1.69 bits per heavy atom. The fraction of sp³-hybridized carbons (Fsp3) is 0.161. The molecular formula is C31H28N2O2. The van der Waals surface area contributed by atoms with Gasteiger partial charge in [0.1, 0.15) is 0 Å². The summed E-state index contributed by atoms with van der Waals surface area (Å²) in [7, 11) is 0. The van der Waals surface area contributed by atoms with Crippen molar-refractivity contribution in [1.29, 1.82) is 0 Å². The molecule has 0 bridgehead atoms. The third-order valence-electron chi connectivity index (χ3n) is 6.63. The van der Waals surface area contributed by atoms with Gasteiger partial charge >= 0.3 is 0 Å². The first-order chi connectivity index (χ1) is 17.2. The Balaban J connectivity index is 1.48. The van der Waals surface area contributed by atoms with Crippen LogP contribution in [0.2, 0.25) is 0 Å². The maximum Gasteiger partial charge on any atom is 0.231 e. The molecule has 4 heteroatoms. The summed E-state index contributed by atoms with van der Waals surface area (Å²) in [5.74, 6) is -0.484. The second kappa shape index (κ2) is 10.4. The van der Waals surface area contributed by atoms with Gasteiger partial charge in [-0.2, -0.15) is 0 Å². The molecule has 1 atom stereocenters. The highest BCUT2D eigenvalue weighted by molar-refractivity contribution is 5.99. The molecule has 1 unspecified atom stereocenters. The molecule has 174 valence electrons. The third kappa shape index (κ3) is 5.17. The van der Waals surface area contributed by atoms with Gasteiger partial charge in [0.15, 0.2) is 0 Å². The van der Waals surface area contributed by atoms with E-state index < -0.39 is 0 Å². The van der Waals surface area contributed by atoms with Crippen LogP contribution in [0.1, 0.15) is 35.4 Å². The van der Waals surface area contributed by atoms with Crippen LogP contribution >= 0.6 is 0 Å². The first-order valence-corrected chi connectivity index (χ1v) is 12.0. The standard InChI is InChI=1S/C31H28N2O2/c34-29-21-18-26(31(35)32-29)22-33(27-14-8-3-9-15-27)28-19-16-25(17-20-28)30(23-10-4-1-5-11-23)24-12-6-2-7-13-24/h1-17,19-20,26,30H,18,21-22H2,(H,32,34,35). The lowest BCUT2D eigenvalue weighted by Crippen LogP contribution is -2.44. The highest BCUT2D eigenvalue weighted by atomic mass is 16.2. The van der Waals surface area contributed by atoms with Crippen molar-refractivity contribution in [3.63, 3.8) is 0 Å². The van der Waals surface area contributed by atoms with Crippen molar-refractivity contribution in [3.8, 4) is 0 Å². The van der Waals surface area contributed by atoms with Gasteiger partial charge in [0.2, 0.25) is 11.8 Å². The lowest BCUT2D eigenvalue weighted by atomic mass is 9.85. The number of nitrogens with one attached hydrogen (secondary N) is 1. The van der Waals surface area contributed by atoms with E-state index in [1.54, 1.807) is 0 Å². The van der Waals surface area contributed by atoms with E-state index in [1.807, 2.05) is 30.3 Å². The Bertz CT molecular complexity index is 1230. The van der Waals surface area contributed by atoms with Gasteiger partial charge in [-0.1, -0.05) is 91.0 Å². The number of hydrogen-bond acceptors (Lipinski definition) is 3. The van der Waals surface area contributed by atoms with Crippen LogP contribution in [0.25, 0.3) is 0 Å². The van der Waals surface area contributed by atoms with E-state index >= 15 is 0 Å². The number of para-hydroxylation sites is 1. The Kier molecular flexibility index (Phi) is 6.71. The fourth-order valence-corrected chi connectivity index (χ4v) is 4.82. The Hall–Kier alpha value is -4.18. The summed E-state index contributed by atoms with van der Waals surface area (Å²) >= 11 is 0. The number of hydrogen-bond donors (Lipinski definition) is 1. The maximum absolute atomic E-state index is 12.5. The van der Waals surface area contributed by atoms with Crippen molar-refractivity contribution in [2.75, 3.05) is 11.4 Å². The topological polar surface area (TPSA) is 49.4 Å². The minimum atomic E-state index is -0.242. The van der Waals surface area contributed by atoms with Crippen molar-refractivity contribution in [1.82, 2.24) is 5.32 Å². The fourth-order valence-electron chi connectivity index (χ4n) is 4.82. The number of amides is 2. The molecule has 0 saturated carbocycles. The van der Waals surface area contributed by atoms with E-state index in [1.165, 1.54) is 16.7 Å². The highest BCUT2D eigenvalue weighted by Crippen LogP contribution is 2.34. The van der Waals surface area contributed by atoms with Gasteiger partial charge in [0.05, 0.1) is 5.92 Å². The molecule has 2 amide bonds. The normalized spacial score (nSPS) is 15.6. The van der Waals surface area contributed by atoms with E-state index in [2.05, 4.69) is 95.1 Å². The van der Waals surface area contributed by atoms with Crippen molar-refractivity contribution >= 4 is 23.2 Å². The van der Waals surface area contributed by atoms with Crippen molar-refractivity contribution in [2.24, 2.45) is 5.92 Å². The number of imide groups is 1. The van der Waals surface area contributed by atoms with Gasteiger partial charge < -0.3 is 4.90 Å². The number of anilines is 2. The molecule has 5 rings (SSSR count). The maximum atomic E-state index is 12.5. The van der Waals surface area contributed by atoms with Gasteiger partial charge in [-0.05, 0) is 47.4 Å². The highest BCUT2D eigenvalue weighted by Gasteiger charge is 2.29. The summed E-state index contributed by atoms with van der Waals surface area (Å²) in [6, 6.07) is 39.8. The van der Waals surface area contributed by atoms with Gasteiger partial charge in [-0.15, -0.1) is 0 Å². The number of carbonyl (C=O) groups excluding carboxylic acids is 2. The van der Waals surface area contributed by atoms with E-state index in [4.69, 9.17) is 0 Å². The van der Waals surface area contributed by atoms with Crippen LogP contribution in [0, 0.1) is 5.92 Å². The van der Waals surface area contributed by atoms with Crippen molar-refractivity contribution in [2.45, 2.75) is 18.8 Å². The Morgan fingerprint density at radius 2 is 1.14 bits per heavy atom. The average molecular weight is 461 g/mol. The first-order valence-electron chi connectivity index (χ1n) is 12.0. The zero-order valence-electron chi connectivity index (χ0n) is 19.5. The second-order valence-corrected chi connectivity index (χ2v) is 8.94. The molecule has 0 aromatic heterocycles. The molecule has 4 aromatic carbocycles. The quantitative estimate of drug-likeness (QED) is 0.269. The second-order valence-electron chi connectivity index (χ2n) is 8.94. The van der Waals surface area contributed by atoms with Gasteiger partial charge in [-0.25, -0.2) is 0 Å².